The third-order valence-corrected chi connectivity index (χ3v) is 3.25. The molecule has 2 rings (SSSR count). The molecule has 0 bridgehead atoms. The predicted molar refractivity (Wildman–Crippen MR) is 77.8 cm³/mol. The van der Waals surface area contributed by atoms with Crippen LogP contribution in [0, 0.1) is 13.8 Å². The van der Waals surface area contributed by atoms with Crippen molar-refractivity contribution in [3.8, 4) is 0 Å². The first kappa shape index (κ1) is 13.7. The molecule has 0 radical (unpaired) electrons. The minimum atomic E-state index is 0.365. The lowest BCUT2D eigenvalue weighted by atomic mass is 10.0. The van der Waals surface area contributed by atoms with Crippen molar-refractivity contribution in [1.29, 1.82) is 0 Å². The van der Waals surface area contributed by atoms with E-state index >= 15 is 0 Å². The van der Waals surface area contributed by atoms with E-state index in [1.165, 1.54) is 11.1 Å². The molecule has 0 amide bonds. The molecule has 0 spiro atoms. The molecule has 1 heterocycles. The molecule has 0 aliphatic rings. The summed E-state index contributed by atoms with van der Waals surface area (Å²) in [7, 11) is 0. The van der Waals surface area contributed by atoms with Gasteiger partial charge >= 0.3 is 0 Å². The maximum Gasteiger partial charge on any atom is 0.0724 e. The average molecular weight is 255 g/mol. The highest BCUT2D eigenvalue weighted by Gasteiger charge is 2.08. The second kappa shape index (κ2) is 6.43. The highest BCUT2D eigenvalue weighted by molar-refractivity contribution is 5.24. The fourth-order valence-corrected chi connectivity index (χ4v) is 2.04. The van der Waals surface area contributed by atoms with E-state index in [4.69, 9.17) is 0 Å². The van der Waals surface area contributed by atoms with Crippen LogP contribution in [0.15, 0.2) is 36.7 Å². The molecule has 100 valence electrons. The van der Waals surface area contributed by atoms with Gasteiger partial charge < -0.3 is 5.32 Å². The van der Waals surface area contributed by atoms with E-state index in [0.717, 1.165) is 24.4 Å². The van der Waals surface area contributed by atoms with Crippen LogP contribution >= 0.6 is 0 Å². The molecule has 0 saturated carbocycles. The summed E-state index contributed by atoms with van der Waals surface area (Å²) >= 11 is 0. The van der Waals surface area contributed by atoms with Gasteiger partial charge in [0, 0.05) is 25.0 Å². The summed E-state index contributed by atoms with van der Waals surface area (Å²) in [6, 6.07) is 9.06. The summed E-state index contributed by atoms with van der Waals surface area (Å²) in [5.74, 6) is 0. The number of nitrogens with zero attached hydrogens (tertiary/aromatic N) is 2. The van der Waals surface area contributed by atoms with Crippen LogP contribution in [0.1, 0.15) is 41.9 Å². The zero-order chi connectivity index (χ0) is 13.7. The van der Waals surface area contributed by atoms with Gasteiger partial charge in [0.15, 0.2) is 0 Å². The summed E-state index contributed by atoms with van der Waals surface area (Å²) in [5, 5.41) is 3.54. The van der Waals surface area contributed by atoms with E-state index in [-0.39, 0.29) is 0 Å². The standard InChI is InChI=1S/C16H21N3/c1-4-16(14-7-5-12(2)6-8-14)19-11-15-10-17-13(3)9-18-15/h5-10,16,19H,4,11H2,1-3H3. The Hall–Kier alpha value is -1.74. The van der Waals surface area contributed by atoms with E-state index in [9.17, 15) is 0 Å². The number of hydrogen-bond donors (Lipinski definition) is 1. The van der Waals surface area contributed by atoms with Crippen molar-refractivity contribution < 1.29 is 0 Å². The molecular weight excluding hydrogens is 234 g/mol. The van der Waals surface area contributed by atoms with Crippen LogP contribution in [0.4, 0.5) is 0 Å². The molecule has 0 saturated heterocycles. The van der Waals surface area contributed by atoms with Gasteiger partial charge in [-0.05, 0) is 25.8 Å². The Morgan fingerprint density at radius 2 is 1.79 bits per heavy atom. The molecule has 0 fully saturated rings. The quantitative estimate of drug-likeness (QED) is 0.890. The topological polar surface area (TPSA) is 37.8 Å². The Labute approximate surface area is 115 Å². The van der Waals surface area contributed by atoms with Gasteiger partial charge in [-0.2, -0.15) is 0 Å². The summed E-state index contributed by atoms with van der Waals surface area (Å²) in [6.07, 6.45) is 4.70. The van der Waals surface area contributed by atoms with Crippen LogP contribution < -0.4 is 5.32 Å². The van der Waals surface area contributed by atoms with Gasteiger partial charge in [-0.3, -0.25) is 9.97 Å². The molecule has 1 unspecified atom stereocenters. The monoisotopic (exact) mass is 255 g/mol. The normalized spacial score (nSPS) is 12.4. The molecule has 3 heteroatoms. The molecule has 1 atom stereocenters. The van der Waals surface area contributed by atoms with Crippen LogP contribution in [0.5, 0.6) is 0 Å². The first-order chi connectivity index (χ1) is 9.19. The second-order valence-corrected chi connectivity index (χ2v) is 4.90. The fraction of sp³-hybridized carbons (Fsp3) is 0.375. The molecule has 1 N–H and O–H groups in total. The summed E-state index contributed by atoms with van der Waals surface area (Å²) in [6.45, 7) is 7.00. The fourth-order valence-electron chi connectivity index (χ4n) is 2.04. The van der Waals surface area contributed by atoms with Crippen molar-refractivity contribution >= 4 is 0 Å². The SMILES string of the molecule is CCC(NCc1cnc(C)cn1)c1ccc(C)cc1. The van der Waals surface area contributed by atoms with E-state index in [1.54, 1.807) is 0 Å². The zero-order valence-electron chi connectivity index (χ0n) is 11.9. The summed E-state index contributed by atoms with van der Waals surface area (Å²) in [5.41, 5.74) is 4.56. The van der Waals surface area contributed by atoms with Crippen LogP contribution in [0.2, 0.25) is 0 Å². The Bertz CT molecular complexity index is 503. The Morgan fingerprint density at radius 3 is 2.37 bits per heavy atom. The van der Waals surface area contributed by atoms with Gasteiger partial charge in [0.05, 0.1) is 11.4 Å². The van der Waals surface area contributed by atoms with Crippen LogP contribution in [0.3, 0.4) is 0 Å². The van der Waals surface area contributed by atoms with Crippen molar-refractivity contribution in [3.05, 3.63) is 59.2 Å². The van der Waals surface area contributed by atoms with E-state index in [0.29, 0.717) is 6.04 Å². The van der Waals surface area contributed by atoms with E-state index in [2.05, 4.69) is 53.4 Å². The second-order valence-electron chi connectivity index (χ2n) is 4.90. The van der Waals surface area contributed by atoms with Gasteiger partial charge in [-0.1, -0.05) is 36.8 Å². The Morgan fingerprint density at radius 1 is 1.05 bits per heavy atom. The molecular formula is C16H21N3. The summed E-state index contributed by atoms with van der Waals surface area (Å²) in [4.78, 5) is 8.63. The van der Waals surface area contributed by atoms with Crippen molar-refractivity contribution in [3.63, 3.8) is 0 Å². The maximum absolute atomic E-state index is 4.37. The predicted octanol–water partition coefficient (Wildman–Crippen LogP) is 3.33. The first-order valence-corrected chi connectivity index (χ1v) is 6.76. The zero-order valence-corrected chi connectivity index (χ0v) is 11.9. The van der Waals surface area contributed by atoms with Gasteiger partial charge in [-0.15, -0.1) is 0 Å². The summed E-state index contributed by atoms with van der Waals surface area (Å²) < 4.78 is 0. The first-order valence-electron chi connectivity index (χ1n) is 6.76. The Kier molecular flexibility index (Phi) is 4.63. The number of nitrogens with one attached hydrogen (secondary N) is 1. The highest BCUT2D eigenvalue weighted by Crippen LogP contribution is 2.17. The number of aromatic nitrogens is 2. The molecule has 1 aromatic carbocycles. The lowest BCUT2D eigenvalue weighted by Gasteiger charge is -2.17. The largest absolute Gasteiger partial charge is 0.304 e. The number of aryl methyl sites for hydroxylation is 2. The van der Waals surface area contributed by atoms with Crippen LogP contribution in [0.25, 0.3) is 0 Å². The number of rotatable bonds is 5. The number of benzene rings is 1. The third kappa shape index (κ3) is 3.86. The molecule has 0 aliphatic carbocycles. The minimum absolute atomic E-state index is 0.365. The van der Waals surface area contributed by atoms with Gasteiger partial charge in [0.1, 0.15) is 0 Å². The lowest BCUT2D eigenvalue weighted by Crippen LogP contribution is -2.21. The maximum atomic E-state index is 4.37. The van der Waals surface area contributed by atoms with E-state index in [1.807, 2.05) is 19.3 Å². The van der Waals surface area contributed by atoms with Crippen molar-refractivity contribution in [2.24, 2.45) is 0 Å². The van der Waals surface area contributed by atoms with Crippen molar-refractivity contribution in [2.75, 3.05) is 0 Å². The van der Waals surface area contributed by atoms with Crippen molar-refractivity contribution in [2.45, 2.75) is 39.8 Å². The highest BCUT2D eigenvalue weighted by atomic mass is 14.9. The number of hydrogen-bond acceptors (Lipinski definition) is 3. The van der Waals surface area contributed by atoms with Crippen molar-refractivity contribution in [1.82, 2.24) is 15.3 Å². The smallest absolute Gasteiger partial charge is 0.0724 e. The Balaban J connectivity index is 1.99. The van der Waals surface area contributed by atoms with Crippen LogP contribution in [-0.2, 0) is 6.54 Å². The molecule has 0 aliphatic heterocycles. The average Bonchev–Trinajstić information content (AvgIpc) is 2.43. The lowest BCUT2D eigenvalue weighted by molar-refractivity contribution is 0.513. The van der Waals surface area contributed by atoms with Gasteiger partial charge in [-0.25, -0.2) is 0 Å². The van der Waals surface area contributed by atoms with Gasteiger partial charge in [0.2, 0.25) is 0 Å². The van der Waals surface area contributed by atoms with E-state index < -0.39 is 0 Å². The minimum Gasteiger partial charge on any atom is -0.304 e. The molecule has 1 aromatic heterocycles. The molecule has 3 nitrogen and oxygen atoms in total. The molecule has 2 aromatic rings. The molecule has 19 heavy (non-hydrogen) atoms. The third-order valence-electron chi connectivity index (χ3n) is 3.25. The van der Waals surface area contributed by atoms with Gasteiger partial charge in [0.25, 0.3) is 0 Å². The van der Waals surface area contributed by atoms with Crippen LogP contribution in [-0.4, -0.2) is 9.97 Å².